The Hall–Kier alpha value is -3.85. The molecule has 0 aliphatic carbocycles. The topological polar surface area (TPSA) is 94.3 Å². The number of amides is 1. The third kappa shape index (κ3) is 11.6. The van der Waals surface area contributed by atoms with E-state index < -0.39 is 21.7 Å². The number of ether oxygens (including phenoxy) is 3. The molecule has 10 nitrogen and oxygen atoms in total. The highest BCUT2D eigenvalue weighted by molar-refractivity contribution is 6.76. The first-order chi connectivity index (χ1) is 25.9. The highest BCUT2D eigenvalue weighted by Gasteiger charge is 2.37. The molecule has 55 heavy (non-hydrogen) atoms. The molecule has 0 saturated carbocycles. The second-order valence-corrected chi connectivity index (χ2v) is 29.6. The van der Waals surface area contributed by atoms with Crippen LogP contribution in [0.25, 0.3) is 34.1 Å². The molecular formula is C43H64N6O4Si2. The summed E-state index contributed by atoms with van der Waals surface area (Å²) in [4.78, 5) is 27.7. The van der Waals surface area contributed by atoms with E-state index in [0.717, 1.165) is 76.5 Å². The molecule has 2 unspecified atom stereocenters. The number of carbonyl (C=O) groups excluding carboxylic acids is 1. The zero-order chi connectivity index (χ0) is 40.0. The fourth-order valence-electron chi connectivity index (χ4n) is 6.84. The van der Waals surface area contributed by atoms with Gasteiger partial charge in [0, 0.05) is 69.9 Å². The Morgan fingerprint density at radius 1 is 0.927 bits per heavy atom. The molecule has 5 rings (SSSR count). The van der Waals surface area contributed by atoms with E-state index in [1.54, 1.807) is 0 Å². The van der Waals surface area contributed by atoms with Crippen molar-refractivity contribution in [2.24, 2.45) is 0 Å². The lowest BCUT2D eigenvalue weighted by Crippen LogP contribution is -2.43. The van der Waals surface area contributed by atoms with Crippen molar-refractivity contribution < 1.29 is 19.0 Å². The van der Waals surface area contributed by atoms with Crippen LogP contribution in [0.3, 0.4) is 0 Å². The molecule has 2 atom stereocenters. The highest BCUT2D eigenvalue weighted by atomic mass is 28.3. The molecule has 1 amide bonds. The standard InChI is InChI=1S/C43H64N6O4Si2/c1-12-36-39(23-21-35-20-18-32(2)48(35)42(50)53-43(3,4)5)46-40-37(34-19-22-38(44-28-34)33-16-14-13-15-17-33)29-45-49(40)41(36)47(30-51-24-26-54(6,7)8)31-52-25-27-55(9,10)11/h12-17,19,22,28-29,32,35H,1,18,20-21,23-27,30-31H2,2-11H3. The first-order valence-corrected chi connectivity index (χ1v) is 27.3. The van der Waals surface area contributed by atoms with E-state index in [9.17, 15) is 4.79 Å². The van der Waals surface area contributed by atoms with Crippen LogP contribution in [-0.4, -0.2) is 91.1 Å². The number of benzene rings is 1. The molecule has 0 N–H and O–H groups in total. The van der Waals surface area contributed by atoms with E-state index >= 15 is 0 Å². The van der Waals surface area contributed by atoms with Crippen molar-refractivity contribution in [3.63, 3.8) is 0 Å². The zero-order valence-corrected chi connectivity index (χ0v) is 37.0. The van der Waals surface area contributed by atoms with Crippen LogP contribution in [0.5, 0.6) is 0 Å². The van der Waals surface area contributed by atoms with Crippen molar-refractivity contribution in [1.82, 2.24) is 24.5 Å². The van der Waals surface area contributed by atoms with Crippen LogP contribution >= 0.6 is 0 Å². The van der Waals surface area contributed by atoms with E-state index in [4.69, 9.17) is 29.3 Å². The largest absolute Gasteiger partial charge is 0.444 e. The van der Waals surface area contributed by atoms with Gasteiger partial charge in [0.05, 0.1) is 17.6 Å². The number of likely N-dealkylation sites (tertiary alicyclic amines) is 1. The van der Waals surface area contributed by atoms with Gasteiger partial charge in [0.1, 0.15) is 24.9 Å². The van der Waals surface area contributed by atoms with E-state index in [0.29, 0.717) is 33.1 Å². The van der Waals surface area contributed by atoms with Crippen molar-refractivity contribution in [2.45, 2.75) is 122 Å². The van der Waals surface area contributed by atoms with Crippen LogP contribution in [0.1, 0.15) is 58.2 Å². The quantitative estimate of drug-likeness (QED) is 0.0594. The second-order valence-electron chi connectivity index (χ2n) is 18.3. The van der Waals surface area contributed by atoms with E-state index in [-0.39, 0.29) is 18.2 Å². The minimum Gasteiger partial charge on any atom is -0.444 e. The number of aromatic nitrogens is 4. The van der Waals surface area contributed by atoms with Crippen LogP contribution < -0.4 is 4.90 Å². The van der Waals surface area contributed by atoms with Gasteiger partial charge in [-0.1, -0.05) is 88.3 Å². The number of aryl methyl sites for hydroxylation is 1. The van der Waals surface area contributed by atoms with Crippen LogP contribution in [0.4, 0.5) is 10.6 Å². The summed E-state index contributed by atoms with van der Waals surface area (Å²) in [6.45, 7) is 28.4. The summed E-state index contributed by atoms with van der Waals surface area (Å²) in [7, 11) is -2.61. The van der Waals surface area contributed by atoms with Gasteiger partial charge >= 0.3 is 6.09 Å². The van der Waals surface area contributed by atoms with E-state index in [1.165, 1.54) is 0 Å². The van der Waals surface area contributed by atoms with Crippen molar-refractivity contribution in [3.8, 4) is 22.4 Å². The number of fused-ring (bicyclic) bond motifs is 1. The molecule has 1 fully saturated rings. The van der Waals surface area contributed by atoms with Crippen molar-refractivity contribution >= 4 is 39.8 Å². The van der Waals surface area contributed by atoms with Crippen molar-refractivity contribution in [1.29, 1.82) is 0 Å². The molecule has 298 valence electrons. The Balaban J connectivity index is 1.56. The molecule has 0 bridgehead atoms. The van der Waals surface area contributed by atoms with Gasteiger partial charge in [0.25, 0.3) is 0 Å². The minimum absolute atomic E-state index is 0.0361. The number of nitrogens with zero attached hydrogens (tertiary/aromatic N) is 6. The number of pyridine rings is 1. The maximum Gasteiger partial charge on any atom is 0.410 e. The Kier molecular flexibility index (Phi) is 13.8. The van der Waals surface area contributed by atoms with Crippen molar-refractivity contribution in [2.75, 3.05) is 31.6 Å². The molecular weight excluding hydrogens is 721 g/mol. The molecule has 12 heteroatoms. The Labute approximate surface area is 331 Å². The van der Waals surface area contributed by atoms with Gasteiger partial charge < -0.3 is 24.0 Å². The lowest BCUT2D eigenvalue weighted by atomic mass is 10.0. The Morgan fingerprint density at radius 2 is 1.58 bits per heavy atom. The third-order valence-corrected chi connectivity index (χ3v) is 13.4. The monoisotopic (exact) mass is 784 g/mol. The van der Waals surface area contributed by atoms with Crippen LogP contribution in [0.15, 0.2) is 61.4 Å². The van der Waals surface area contributed by atoms with Gasteiger partial charge in [-0.25, -0.2) is 9.78 Å². The lowest BCUT2D eigenvalue weighted by Gasteiger charge is -2.31. The van der Waals surface area contributed by atoms with Gasteiger partial charge in [0.15, 0.2) is 5.65 Å². The normalized spacial score (nSPS) is 16.5. The third-order valence-electron chi connectivity index (χ3n) is 9.98. The fourth-order valence-corrected chi connectivity index (χ4v) is 8.36. The van der Waals surface area contributed by atoms with Crippen LogP contribution in [0.2, 0.25) is 51.4 Å². The summed E-state index contributed by atoms with van der Waals surface area (Å²) in [5.74, 6) is 0.833. The molecule has 4 heterocycles. The number of rotatable bonds is 17. The molecule has 1 aliphatic heterocycles. The molecule has 0 spiro atoms. The predicted octanol–water partition coefficient (Wildman–Crippen LogP) is 10.3. The SMILES string of the molecule is C=Cc1c(CCC2CCC(C)N2C(=O)OC(C)(C)C)nc2c(-c3ccc(-c4ccccc4)nc3)cnn2c1N(COCC[Si](C)(C)C)COCC[Si](C)(C)C. The van der Waals surface area contributed by atoms with Gasteiger partial charge in [-0.15, -0.1) is 0 Å². The highest BCUT2D eigenvalue weighted by Crippen LogP contribution is 2.34. The average Bonchev–Trinajstić information content (AvgIpc) is 3.71. The summed E-state index contributed by atoms with van der Waals surface area (Å²) in [5.41, 5.74) is 5.72. The summed E-state index contributed by atoms with van der Waals surface area (Å²) < 4.78 is 20.6. The van der Waals surface area contributed by atoms with Gasteiger partial charge in [-0.05, 0) is 71.5 Å². The van der Waals surface area contributed by atoms with Crippen LogP contribution in [-0.2, 0) is 20.6 Å². The predicted molar refractivity (Wildman–Crippen MR) is 231 cm³/mol. The summed E-state index contributed by atoms with van der Waals surface area (Å²) >= 11 is 0. The maximum absolute atomic E-state index is 13.4. The van der Waals surface area contributed by atoms with Gasteiger partial charge in [-0.2, -0.15) is 9.61 Å². The fraction of sp³-hybridized carbons (Fsp3) is 0.535. The Morgan fingerprint density at radius 3 is 2.15 bits per heavy atom. The minimum atomic E-state index is -1.30. The number of hydrogen-bond donors (Lipinski definition) is 0. The molecule has 1 saturated heterocycles. The maximum atomic E-state index is 13.4. The summed E-state index contributed by atoms with van der Waals surface area (Å²) in [5, 5.41) is 4.97. The Bertz CT molecular complexity index is 1860. The molecule has 1 aromatic carbocycles. The van der Waals surface area contributed by atoms with Crippen LogP contribution in [0, 0.1) is 0 Å². The van der Waals surface area contributed by atoms with Gasteiger partial charge in [-0.3, -0.25) is 4.98 Å². The first kappa shape index (κ1) is 42.3. The molecule has 1 aliphatic rings. The van der Waals surface area contributed by atoms with E-state index in [2.05, 4.69) is 75.9 Å². The van der Waals surface area contributed by atoms with Gasteiger partial charge in [0.2, 0.25) is 0 Å². The average molecular weight is 785 g/mol. The number of anilines is 1. The molecule has 3 aromatic heterocycles. The van der Waals surface area contributed by atoms with E-state index in [1.807, 2.05) is 72.9 Å². The van der Waals surface area contributed by atoms with Crippen molar-refractivity contribution in [3.05, 3.63) is 72.7 Å². The second kappa shape index (κ2) is 18.0. The smallest absolute Gasteiger partial charge is 0.410 e. The summed E-state index contributed by atoms with van der Waals surface area (Å²) in [6.07, 6.45) is 8.63. The molecule has 4 aromatic rings. The zero-order valence-electron chi connectivity index (χ0n) is 35.0. The number of hydrogen-bond acceptors (Lipinski definition) is 8. The first-order valence-electron chi connectivity index (χ1n) is 19.9. The molecule has 0 radical (unpaired) electrons. The lowest BCUT2D eigenvalue weighted by molar-refractivity contribution is 0.0154. The number of carbonyl (C=O) groups is 1. The summed E-state index contributed by atoms with van der Waals surface area (Å²) in [6, 6.07) is 16.6.